The summed E-state index contributed by atoms with van der Waals surface area (Å²) < 4.78 is 28.2. The molecule has 1 saturated carbocycles. The average molecular weight is 231 g/mol. The third kappa shape index (κ3) is 3.16. The molecule has 16 heavy (non-hydrogen) atoms. The van der Waals surface area contributed by atoms with E-state index in [-0.39, 0.29) is 18.4 Å². The van der Waals surface area contributed by atoms with E-state index in [2.05, 4.69) is 5.32 Å². The van der Waals surface area contributed by atoms with Crippen molar-refractivity contribution in [3.63, 3.8) is 0 Å². The van der Waals surface area contributed by atoms with Crippen molar-refractivity contribution < 1.29 is 8.78 Å². The van der Waals surface area contributed by atoms with Gasteiger partial charge >= 0.3 is 0 Å². The molecule has 1 nitrogen and oxygen atoms in total. The van der Waals surface area contributed by atoms with Crippen molar-refractivity contribution >= 4 is 0 Å². The van der Waals surface area contributed by atoms with E-state index in [4.69, 9.17) is 0 Å². The molecule has 1 aliphatic carbocycles. The molecule has 1 N–H and O–H groups in total. The van der Waals surface area contributed by atoms with Crippen LogP contribution in [0, 0.1) is 5.92 Å². The number of halogens is 2. The Morgan fingerprint density at radius 1 is 0.938 bits per heavy atom. The molecule has 0 amide bonds. The molecular weight excluding hydrogens is 208 g/mol. The van der Waals surface area contributed by atoms with Crippen LogP contribution in [0.25, 0.3) is 0 Å². The Morgan fingerprint density at radius 3 is 2.19 bits per heavy atom. The Bertz CT molecular complexity index is 204. The highest BCUT2D eigenvalue weighted by atomic mass is 19.3. The topological polar surface area (TPSA) is 12.0 Å². The second-order valence-corrected chi connectivity index (χ2v) is 5.45. The summed E-state index contributed by atoms with van der Waals surface area (Å²) in [6.07, 6.45) is 7.82. The van der Waals surface area contributed by atoms with Crippen LogP contribution in [0.5, 0.6) is 0 Å². The monoisotopic (exact) mass is 231 g/mol. The fraction of sp³-hybridized carbons (Fsp3) is 1.00. The van der Waals surface area contributed by atoms with Crippen molar-refractivity contribution in [1.29, 1.82) is 0 Å². The Labute approximate surface area is 97.0 Å². The van der Waals surface area contributed by atoms with Gasteiger partial charge in [0, 0.05) is 18.4 Å². The summed E-state index contributed by atoms with van der Waals surface area (Å²) in [5, 5.41) is 3.19. The molecule has 0 aromatic carbocycles. The molecule has 1 atom stereocenters. The summed E-state index contributed by atoms with van der Waals surface area (Å²) in [4.78, 5) is 0. The molecule has 3 heteroatoms. The van der Waals surface area contributed by atoms with Crippen LogP contribution in [0.1, 0.15) is 57.8 Å². The normalized spacial score (nSPS) is 29.2. The lowest BCUT2D eigenvalue weighted by Gasteiger charge is -2.28. The minimum Gasteiger partial charge on any atom is -0.314 e. The van der Waals surface area contributed by atoms with Crippen molar-refractivity contribution in [3.8, 4) is 0 Å². The van der Waals surface area contributed by atoms with Gasteiger partial charge in [-0.15, -0.1) is 0 Å². The quantitative estimate of drug-likeness (QED) is 0.730. The zero-order valence-electron chi connectivity index (χ0n) is 9.98. The molecule has 1 unspecified atom stereocenters. The van der Waals surface area contributed by atoms with Crippen LogP contribution in [-0.2, 0) is 0 Å². The second-order valence-electron chi connectivity index (χ2n) is 5.45. The first-order chi connectivity index (χ1) is 7.68. The number of hydrogen-bond donors (Lipinski definition) is 1. The van der Waals surface area contributed by atoms with E-state index in [1.807, 2.05) is 0 Å². The Kier molecular flexibility index (Phi) is 4.17. The zero-order chi connectivity index (χ0) is 11.4. The van der Waals surface area contributed by atoms with Gasteiger partial charge in [-0.05, 0) is 32.2 Å². The lowest BCUT2D eigenvalue weighted by molar-refractivity contribution is -0.0762. The van der Waals surface area contributed by atoms with Gasteiger partial charge in [0.25, 0.3) is 5.92 Å². The van der Waals surface area contributed by atoms with Gasteiger partial charge in [0.1, 0.15) is 0 Å². The summed E-state index contributed by atoms with van der Waals surface area (Å²) in [7, 11) is 0. The summed E-state index contributed by atoms with van der Waals surface area (Å²) in [5.74, 6) is -2.79. The van der Waals surface area contributed by atoms with Crippen LogP contribution >= 0.6 is 0 Å². The van der Waals surface area contributed by atoms with Crippen LogP contribution in [0.15, 0.2) is 0 Å². The van der Waals surface area contributed by atoms with Crippen molar-refractivity contribution in [2.24, 2.45) is 5.92 Å². The maximum atomic E-state index is 14.1. The number of nitrogens with one attached hydrogen (secondary N) is 1. The molecule has 0 radical (unpaired) electrons. The van der Waals surface area contributed by atoms with Crippen molar-refractivity contribution in [2.45, 2.75) is 69.8 Å². The van der Waals surface area contributed by atoms with E-state index >= 15 is 0 Å². The van der Waals surface area contributed by atoms with Gasteiger partial charge in [-0.3, -0.25) is 0 Å². The lowest BCUT2D eigenvalue weighted by Crippen LogP contribution is -2.36. The van der Waals surface area contributed by atoms with Gasteiger partial charge in [0.2, 0.25) is 0 Å². The molecule has 0 spiro atoms. The standard InChI is InChI=1S/C13H23F2N/c14-13(15,10-12-8-5-9-16-12)11-6-3-1-2-4-7-11/h11-12,16H,1-10H2. The lowest BCUT2D eigenvalue weighted by atomic mass is 9.88. The molecular formula is C13H23F2N. The van der Waals surface area contributed by atoms with Crippen molar-refractivity contribution in [3.05, 3.63) is 0 Å². The third-order valence-electron chi connectivity index (χ3n) is 4.13. The smallest absolute Gasteiger partial charge is 0.252 e. The fourth-order valence-corrected chi connectivity index (χ4v) is 3.13. The number of hydrogen-bond acceptors (Lipinski definition) is 1. The van der Waals surface area contributed by atoms with Gasteiger partial charge in [-0.25, -0.2) is 8.78 Å². The van der Waals surface area contributed by atoms with Crippen molar-refractivity contribution in [2.75, 3.05) is 6.54 Å². The summed E-state index contributed by atoms with van der Waals surface area (Å²) in [6, 6.07) is 0.0678. The van der Waals surface area contributed by atoms with Gasteiger partial charge in [0.05, 0.1) is 0 Å². The van der Waals surface area contributed by atoms with E-state index in [1.54, 1.807) is 0 Å². The minimum absolute atomic E-state index is 0.0671. The number of alkyl halides is 2. The van der Waals surface area contributed by atoms with Gasteiger partial charge in [-0.2, -0.15) is 0 Å². The summed E-state index contributed by atoms with van der Waals surface area (Å²) in [5.41, 5.74) is 0. The fourth-order valence-electron chi connectivity index (χ4n) is 3.13. The molecule has 1 saturated heterocycles. The maximum Gasteiger partial charge on any atom is 0.252 e. The predicted molar refractivity (Wildman–Crippen MR) is 61.8 cm³/mol. The largest absolute Gasteiger partial charge is 0.314 e. The molecule has 2 aliphatic rings. The number of rotatable bonds is 3. The predicted octanol–water partition coefficient (Wildman–Crippen LogP) is 3.73. The Hall–Kier alpha value is -0.180. The minimum atomic E-state index is -2.44. The van der Waals surface area contributed by atoms with Gasteiger partial charge < -0.3 is 5.32 Å². The van der Waals surface area contributed by atoms with Crippen LogP contribution < -0.4 is 5.32 Å². The van der Waals surface area contributed by atoms with Crippen LogP contribution in [0.2, 0.25) is 0 Å². The van der Waals surface area contributed by atoms with Crippen LogP contribution in [-0.4, -0.2) is 18.5 Å². The average Bonchev–Trinajstić information content (AvgIpc) is 2.56. The third-order valence-corrected chi connectivity index (χ3v) is 4.13. The first-order valence-corrected chi connectivity index (χ1v) is 6.80. The van der Waals surface area contributed by atoms with Crippen molar-refractivity contribution in [1.82, 2.24) is 5.32 Å². The van der Waals surface area contributed by atoms with E-state index in [0.29, 0.717) is 0 Å². The molecule has 2 fully saturated rings. The first-order valence-electron chi connectivity index (χ1n) is 6.80. The molecule has 0 bridgehead atoms. The van der Waals surface area contributed by atoms with Crippen LogP contribution in [0.4, 0.5) is 8.78 Å². The second kappa shape index (κ2) is 5.44. The summed E-state index contributed by atoms with van der Waals surface area (Å²) >= 11 is 0. The molecule has 0 aromatic heterocycles. The van der Waals surface area contributed by atoms with E-state index in [9.17, 15) is 8.78 Å². The molecule has 1 heterocycles. The SMILES string of the molecule is FC(F)(CC1CCCN1)C1CCCCCC1. The van der Waals surface area contributed by atoms with Gasteiger partial charge in [0.15, 0.2) is 0 Å². The molecule has 0 aromatic rings. The Morgan fingerprint density at radius 2 is 1.62 bits per heavy atom. The molecule has 2 rings (SSSR count). The van der Waals surface area contributed by atoms with E-state index in [0.717, 1.165) is 57.9 Å². The van der Waals surface area contributed by atoms with E-state index < -0.39 is 5.92 Å². The van der Waals surface area contributed by atoms with E-state index in [1.165, 1.54) is 0 Å². The van der Waals surface area contributed by atoms with Gasteiger partial charge in [-0.1, -0.05) is 25.7 Å². The maximum absolute atomic E-state index is 14.1. The summed E-state index contributed by atoms with van der Waals surface area (Å²) in [6.45, 7) is 0.922. The zero-order valence-corrected chi connectivity index (χ0v) is 9.98. The first kappa shape index (κ1) is 12.3. The highest BCUT2D eigenvalue weighted by molar-refractivity contribution is 4.86. The molecule has 1 aliphatic heterocycles. The van der Waals surface area contributed by atoms with Crippen LogP contribution in [0.3, 0.4) is 0 Å². The highest BCUT2D eigenvalue weighted by Crippen LogP contribution is 2.39. The Balaban J connectivity index is 1.87. The molecule has 94 valence electrons. The highest BCUT2D eigenvalue weighted by Gasteiger charge is 2.41.